The van der Waals surface area contributed by atoms with E-state index in [-0.39, 0.29) is 5.56 Å². The quantitative estimate of drug-likeness (QED) is 0.768. The van der Waals surface area contributed by atoms with Crippen LogP contribution >= 0.6 is 0 Å². The van der Waals surface area contributed by atoms with Crippen molar-refractivity contribution in [1.82, 2.24) is 4.98 Å². The van der Waals surface area contributed by atoms with Crippen LogP contribution in [0.25, 0.3) is 10.9 Å². The molecule has 2 rings (SSSR count). The second-order valence-corrected chi connectivity index (χ2v) is 4.96. The molecule has 0 aliphatic heterocycles. The average molecular weight is 305 g/mol. The molecule has 22 heavy (non-hydrogen) atoms. The summed E-state index contributed by atoms with van der Waals surface area (Å²) in [5.74, 6) is -0.221. The molecule has 1 heterocycles. The highest BCUT2D eigenvalue weighted by atomic mass is 16.5. The second-order valence-electron chi connectivity index (χ2n) is 4.96. The first-order valence-electron chi connectivity index (χ1n) is 7.18. The highest BCUT2D eigenvalue weighted by Crippen LogP contribution is 2.31. The molecule has 0 radical (unpaired) electrons. The van der Waals surface area contributed by atoms with Crippen molar-refractivity contribution in [3.8, 4) is 11.5 Å². The first kappa shape index (κ1) is 15.9. The molecule has 1 aromatic carbocycles. The van der Waals surface area contributed by atoms with Crippen LogP contribution in [0.2, 0.25) is 0 Å². The Morgan fingerprint density at radius 2 is 2.00 bits per heavy atom. The van der Waals surface area contributed by atoms with Crippen LogP contribution in [0.3, 0.4) is 0 Å². The number of carboxylic acid groups (broad SMARTS) is 1. The summed E-state index contributed by atoms with van der Waals surface area (Å²) in [6.45, 7) is 2.67. The highest BCUT2D eigenvalue weighted by Gasteiger charge is 2.13. The van der Waals surface area contributed by atoms with E-state index in [4.69, 9.17) is 14.6 Å². The van der Waals surface area contributed by atoms with Crippen LogP contribution in [-0.2, 0) is 0 Å². The Kier molecular flexibility index (Phi) is 5.04. The number of benzene rings is 1. The topological polar surface area (TPSA) is 88.6 Å². The van der Waals surface area contributed by atoms with Gasteiger partial charge in [0.2, 0.25) is 0 Å². The van der Waals surface area contributed by atoms with Gasteiger partial charge in [-0.1, -0.05) is 19.8 Å². The first-order chi connectivity index (χ1) is 10.6. The van der Waals surface area contributed by atoms with Crippen molar-refractivity contribution in [3.63, 3.8) is 0 Å². The number of rotatable bonds is 7. The SMILES string of the molecule is CCCCCOc1cc2cc(C(=O)O)c(=O)[nH]c2cc1OC. The maximum absolute atomic E-state index is 11.7. The molecule has 1 aromatic heterocycles. The Morgan fingerprint density at radius 3 is 2.64 bits per heavy atom. The third-order valence-electron chi connectivity index (χ3n) is 3.36. The predicted molar refractivity (Wildman–Crippen MR) is 83.1 cm³/mol. The first-order valence-corrected chi connectivity index (χ1v) is 7.18. The Morgan fingerprint density at radius 1 is 1.23 bits per heavy atom. The van der Waals surface area contributed by atoms with Crippen LogP contribution < -0.4 is 15.0 Å². The zero-order valence-electron chi connectivity index (χ0n) is 12.6. The summed E-state index contributed by atoms with van der Waals surface area (Å²) in [6, 6.07) is 4.66. The number of aromatic nitrogens is 1. The second kappa shape index (κ2) is 6.98. The largest absolute Gasteiger partial charge is 0.493 e. The van der Waals surface area contributed by atoms with Gasteiger partial charge in [0.15, 0.2) is 11.5 Å². The lowest BCUT2D eigenvalue weighted by Gasteiger charge is -2.12. The van der Waals surface area contributed by atoms with Gasteiger partial charge in [-0.3, -0.25) is 4.79 Å². The van der Waals surface area contributed by atoms with Gasteiger partial charge in [0.1, 0.15) is 5.56 Å². The van der Waals surface area contributed by atoms with E-state index in [2.05, 4.69) is 11.9 Å². The number of carboxylic acids is 1. The molecule has 0 saturated heterocycles. The number of carbonyl (C=O) groups is 1. The Bertz CT molecular complexity index is 735. The Hall–Kier alpha value is -2.50. The molecule has 0 aliphatic rings. The molecule has 0 fully saturated rings. The van der Waals surface area contributed by atoms with E-state index in [0.717, 1.165) is 19.3 Å². The molecule has 6 heteroatoms. The van der Waals surface area contributed by atoms with Crippen molar-refractivity contribution in [2.24, 2.45) is 0 Å². The van der Waals surface area contributed by atoms with Gasteiger partial charge in [-0.05, 0) is 18.6 Å². The van der Waals surface area contributed by atoms with Crippen molar-refractivity contribution in [1.29, 1.82) is 0 Å². The van der Waals surface area contributed by atoms with Gasteiger partial charge in [0.25, 0.3) is 5.56 Å². The van der Waals surface area contributed by atoms with Gasteiger partial charge < -0.3 is 19.6 Å². The average Bonchev–Trinajstić information content (AvgIpc) is 2.50. The smallest absolute Gasteiger partial charge is 0.341 e. The van der Waals surface area contributed by atoms with Crippen LogP contribution in [0.5, 0.6) is 11.5 Å². The Labute approximate surface area is 127 Å². The summed E-state index contributed by atoms with van der Waals surface area (Å²) >= 11 is 0. The lowest BCUT2D eigenvalue weighted by Crippen LogP contribution is -2.17. The monoisotopic (exact) mass is 305 g/mol. The van der Waals surface area contributed by atoms with Gasteiger partial charge in [-0.25, -0.2) is 4.79 Å². The minimum atomic E-state index is -1.26. The standard InChI is InChI=1S/C16H19NO5/c1-3-4-5-6-22-14-8-10-7-11(16(19)20)15(18)17-12(10)9-13(14)21-2/h7-9H,3-6H2,1-2H3,(H,17,18)(H,19,20). The molecule has 2 N–H and O–H groups in total. The molecule has 118 valence electrons. The molecule has 6 nitrogen and oxygen atoms in total. The van der Waals surface area contributed by atoms with E-state index in [1.165, 1.54) is 13.2 Å². The molecule has 0 bridgehead atoms. The van der Waals surface area contributed by atoms with Crippen molar-refractivity contribution in [2.75, 3.05) is 13.7 Å². The van der Waals surface area contributed by atoms with Crippen LogP contribution in [0, 0.1) is 0 Å². The summed E-state index contributed by atoms with van der Waals surface area (Å²) in [5, 5.41) is 9.61. The zero-order valence-corrected chi connectivity index (χ0v) is 12.6. The van der Waals surface area contributed by atoms with Crippen LogP contribution in [-0.4, -0.2) is 29.8 Å². The predicted octanol–water partition coefficient (Wildman–Crippen LogP) is 2.80. The van der Waals surface area contributed by atoms with E-state index in [0.29, 0.717) is 29.0 Å². The number of fused-ring (bicyclic) bond motifs is 1. The zero-order chi connectivity index (χ0) is 16.1. The number of hydrogen-bond acceptors (Lipinski definition) is 4. The van der Waals surface area contributed by atoms with Gasteiger partial charge in [-0.2, -0.15) is 0 Å². The molecule has 0 atom stereocenters. The molecule has 0 spiro atoms. The van der Waals surface area contributed by atoms with Gasteiger partial charge in [-0.15, -0.1) is 0 Å². The number of H-pyrrole nitrogens is 1. The number of methoxy groups -OCH3 is 1. The van der Waals surface area contributed by atoms with E-state index in [9.17, 15) is 9.59 Å². The summed E-state index contributed by atoms with van der Waals surface area (Å²) in [4.78, 5) is 25.3. The van der Waals surface area contributed by atoms with Crippen LogP contribution in [0.1, 0.15) is 36.5 Å². The van der Waals surface area contributed by atoms with Crippen LogP contribution in [0.15, 0.2) is 23.0 Å². The van der Waals surface area contributed by atoms with Crippen molar-refractivity contribution in [2.45, 2.75) is 26.2 Å². The molecular weight excluding hydrogens is 286 g/mol. The van der Waals surface area contributed by atoms with E-state index >= 15 is 0 Å². The Balaban J connectivity index is 2.41. The minimum absolute atomic E-state index is 0.297. The third kappa shape index (κ3) is 3.39. The summed E-state index contributed by atoms with van der Waals surface area (Å²) in [7, 11) is 1.52. The fourth-order valence-corrected chi connectivity index (χ4v) is 2.18. The fraction of sp³-hybridized carbons (Fsp3) is 0.375. The van der Waals surface area contributed by atoms with Crippen molar-refractivity contribution in [3.05, 3.63) is 34.1 Å². The molecule has 0 unspecified atom stereocenters. The van der Waals surface area contributed by atoms with Gasteiger partial charge in [0.05, 0.1) is 19.2 Å². The normalized spacial score (nSPS) is 10.6. The summed E-state index contributed by atoms with van der Waals surface area (Å²) in [6.07, 6.45) is 3.11. The van der Waals surface area contributed by atoms with Gasteiger partial charge in [0, 0.05) is 11.5 Å². The molecule has 2 aromatic rings. The number of aromatic carboxylic acids is 1. The fourth-order valence-electron chi connectivity index (χ4n) is 2.18. The molecule has 0 aliphatic carbocycles. The maximum Gasteiger partial charge on any atom is 0.341 e. The van der Waals surface area contributed by atoms with Crippen molar-refractivity contribution < 1.29 is 19.4 Å². The minimum Gasteiger partial charge on any atom is -0.493 e. The number of ether oxygens (including phenoxy) is 2. The van der Waals surface area contributed by atoms with E-state index < -0.39 is 11.5 Å². The summed E-state index contributed by atoms with van der Waals surface area (Å²) in [5.41, 5.74) is -0.430. The highest BCUT2D eigenvalue weighted by molar-refractivity contribution is 5.93. The van der Waals surface area contributed by atoms with Gasteiger partial charge >= 0.3 is 5.97 Å². The lowest BCUT2D eigenvalue weighted by molar-refractivity contribution is 0.0695. The number of unbranched alkanes of at least 4 members (excludes halogenated alkanes) is 2. The maximum atomic E-state index is 11.7. The van der Waals surface area contributed by atoms with Crippen LogP contribution in [0.4, 0.5) is 0 Å². The number of hydrogen-bond donors (Lipinski definition) is 2. The molecular formula is C16H19NO5. The van der Waals surface area contributed by atoms with E-state index in [1.54, 1.807) is 12.1 Å². The third-order valence-corrected chi connectivity index (χ3v) is 3.36. The molecule has 0 saturated carbocycles. The number of nitrogens with one attached hydrogen (secondary N) is 1. The van der Waals surface area contributed by atoms with E-state index in [1.807, 2.05) is 0 Å². The number of aromatic amines is 1. The summed E-state index contributed by atoms with van der Waals surface area (Å²) < 4.78 is 11.0. The number of pyridine rings is 1. The lowest BCUT2D eigenvalue weighted by atomic mass is 10.1. The molecule has 0 amide bonds. The van der Waals surface area contributed by atoms with Crippen molar-refractivity contribution >= 4 is 16.9 Å².